The van der Waals surface area contributed by atoms with E-state index < -0.39 is 6.10 Å². The van der Waals surface area contributed by atoms with E-state index in [2.05, 4.69) is 42.7 Å². The predicted octanol–water partition coefficient (Wildman–Crippen LogP) is 3.97. The summed E-state index contributed by atoms with van der Waals surface area (Å²) in [6.07, 6.45) is 3.65. The molecule has 4 unspecified atom stereocenters. The quantitative estimate of drug-likeness (QED) is 0.608. The Bertz CT molecular complexity index is 803. The van der Waals surface area contributed by atoms with Crippen LogP contribution >= 0.6 is 24.8 Å². The molecule has 1 saturated heterocycles. The number of fused-ring (bicyclic) bond motifs is 3. The van der Waals surface area contributed by atoms with Gasteiger partial charge in [0.2, 0.25) is 6.79 Å². The summed E-state index contributed by atoms with van der Waals surface area (Å²) in [5.74, 6) is 2.47. The maximum Gasteiger partial charge on any atom is 0.231 e. The second-order valence-electron chi connectivity index (χ2n) is 10.9. The first-order valence-corrected chi connectivity index (χ1v) is 12.0. The largest absolute Gasteiger partial charge is 0.454 e. The minimum absolute atomic E-state index is 0. The highest BCUT2D eigenvalue weighted by Gasteiger charge is 2.61. The van der Waals surface area contributed by atoms with Crippen LogP contribution in [-0.2, 0) is 11.3 Å². The zero-order chi connectivity index (χ0) is 21.6. The van der Waals surface area contributed by atoms with Gasteiger partial charge in [-0.3, -0.25) is 9.80 Å². The maximum atomic E-state index is 10.6. The van der Waals surface area contributed by atoms with Gasteiger partial charge in [-0.15, -0.1) is 24.8 Å². The maximum absolute atomic E-state index is 10.6. The van der Waals surface area contributed by atoms with E-state index in [0.717, 1.165) is 56.6 Å². The molecule has 2 aliphatic carbocycles. The third kappa shape index (κ3) is 5.12. The molecule has 0 amide bonds. The molecule has 8 heteroatoms. The molecule has 188 valence electrons. The molecule has 3 fully saturated rings. The van der Waals surface area contributed by atoms with Crippen molar-refractivity contribution < 1.29 is 19.3 Å². The number of hydrogen-bond donors (Lipinski definition) is 1. The van der Waals surface area contributed by atoms with Gasteiger partial charge in [0.25, 0.3) is 0 Å². The number of hydrogen-bond acceptors (Lipinski definition) is 6. The Balaban J connectivity index is 0.00000153. The first-order valence-electron chi connectivity index (χ1n) is 12.0. The molecule has 5 rings (SSSR count). The van der Waals surface area contributed by atoms with Crippen molar-refractivity contribution in [2.75, 3.05) is 46.1 Å². The molecule has 6 nitrogen and oxygen atoms in total. The number of nitrogens with zero attached hydrogens (tertiary/aromatic N) is 2. The minimum Gasteiger partial charge on any atom is -0.454 e. The van der Waals surface area contributed by atoms with Crippen LogP contribution in [0.5, 0.6) is 11.5 Å². The van der Waals surface area contributed by atoms with Crippen LogP contribution in [0.1, 0.15) is 45.6 Å². The van der Waals surface area contributed by atoms with E-state index in [9.17, 15) is 5.11 Å². The van der Waals surface area contributed by atoms with Gasteiger partial charge in [-0.2, -0.15) is 0 Å². The van der Waals surface area contributed by atoms with Crippen molar-refractivity contribution in [3.05, 3.63) is 23.8 Å². The molecule has 1 aromatic rings. The molecule has 0 spiro atoms. The van der Waals surface area contributed by atoms with Crippen LogP contribution in [0.15, 0.2) is 18.2 Å². The van der Waals surface area contributed by atoms with Crippen LogP contribution in [0.4, 0.5) is 0 Å². The smallest absolute Gasteiger partial charge is 0.231 e. The standard InChI is InChI=1S/C25H38N2O4.2ClH/c1-24(2)19-6-7-25(24,3)23(13-19)29-16-20(28)15-27-10-8-26(9-11-27)14-18-4-5-21-22(12-18)31-17-30-21;;/h4-5,12,19-20,23,28H,6-11,13-17H2,1-3H3;2*1H. The van der Waals surface area contributed by atoms with Gasteiger partial charge < -0.3 is 19.3 Å². The number of aliphatic hydroxyl groups is 1. The van der Waals surface area contributed by atoms with Crippen molar-refractivity contribution >= 4 is 24.8 Å². The summed E-state index contributed by atoms with van der Waals surface area (Å²) in [5, 5.41) is 10.6. The van der Waals surface area contributed by atoms with E-state index in [1.807, 2.05) is 6.07 Å². The second-order valence-corrected chi connectivity index (χ2v) is 10.9. The summed E-state index contributed by atoms with van der Waals surface area (Å²) in [6.45, 7) is 13.6. The molecule has 4 aliphatic rings. The van der Waals surface area contributed by atoms with Crippen molar-refractivity contribution in [3.8, 4) is 11.5 Å². The lowest BCUT2D eigenvalue weighted by Crippen LogP contribution is -2.49. The third-order valence-corrected chi connectivity index (χ3v) is 8.98. The van der Waals surface area contributed by atoms with Gasteiger partial charge in [0, 0.05) is 39.3 Å². The van der Waals surface area contributed by atoms with Gasteiger partial charge in [-0.1, -0.05) is 26.8 Å². The van der Waals surface area contributed by atoms with E-state index in [1.54, 1.807) is 0 Å². The zero-order valence-corrected chi connectivity index (χ0v) is 21.8. The van der Waals surface area contributed by atoms with Gasteiger partial charge in [0.15, 0.2) is 11.5 Å². The van der Waals surface area contributed by atoms with E-state index in [0.29, 0.717) is 31.5 Å². The molecule has 2 bridgehead atoms. The highest BCUT2D eigenvalue weighted by molar-refractivity contribution is 5.85. The number of benzene rings is 1. The molecule has 1 aromatic carbocycles. The van der Waals surface area contributed by atoms with Crippen molar-refractivity contribution in [2.24, 2.45) is 16.7 Å². The average Bonchev–Trinajstić information content (AvgIpc) is 3.35. The van der Waals surface area contributed by atoms with Crippen molar-refractivity contribution in [3.63, 3.8) is 0 Å². The lowest BCUT2D eigenvalue weighted by atomic mass is 9.70. The SMILES string of the molecule is CC1(C)C2CCC1(C)C(OCC(O)CN1CCN(Cc3ccc4c(c3)OCO4)CC1)C2.Cl.Cl. The molecular formula is C25H40Cl2N2O4. The summed E-state index contributed by atoms with van der Waals surface area (Å²) >= 11 is 0. The monoisotopic (exact) mass is 502 g/mol. The van der Waals surface area contributed by atoms with E-state index in [1.165, 1.54) is 18.4 Å². The van der Waals surface area contributed by atoms with Gasteiger partial charge in [0.05, 0.1) is 18.8 Å². The number of aliphatic hydroxyl groups excluding tert-OH is 1. The van der Waals surface area contributed by atoms with Gasteiger partial charge in [0.1, 0.15) is 0 Å². The number of rotatable bonds is 7. The summed E-state index contributed by atoms with van der Waals surface area (Å²) < 4.78 is 17.2. The van der Waals surface area contributed by atoms with Crippen molar-refractivity contribution in [1.82, 2.24) is 9.80 Å². The number of β-amino-alcohol motifs (C(OH)–C–C–N with tert-alkyl or cyclic N) is 1. The third-order valence-electron chi connectivity index (χ3n) is 8.98. The average molecular weight is 504 g/mol. The van der Waals surface area contributed by atoms with Crippen LogP contribution in [-0.4, -0.2) is 73.2 Å². The van der Waals surface area contributed by atoms with Crippen molar-refractivity contribution in [1.29, 1.82) is 0 Å². The normalized spacial score (nSPS) is 31.2. The Labute approximate surface area is 210 Å². The minimum atomic E-state index is -0.411. The van der Waals surface area contributed by atoms with Gasteiger partial charge in [-0.05, 0) is 53.7 Å². The molecular weight excluding hydrogens is 463 g/mol. The molecule has 1 N–H and O–H groups in total. The van der Waals surface area contributed by atoms with E-state index in [4.69, 9.17) is 14.2 Å². The van der Waals surface area contributed by atoms with Crippen LogP contribution in [0.2, 0.25) is 0 Å². The lowest BCUT2D eigenvalue weighted by Gasteiger charge is -2.39. The number of ether oxygens (including phenoxy) is 3. The molecule has 2 saturated carbocycles. The van der Waals surface area contributed by atoms with Crippen LogP contribution in [0.3, 0.4) is 0 Å². The lowest BCUT2D eigenvalue weighted by molar-refractivity contribution is -0.0807. The van der Waals surface area contributed by atoms with Crippen molar-refractivity contribution in [2.45, 2.75) is 58.8 Å². The molecule has 33 heavy (non-hydrogen) atoms. The second kappa shape index (κ2) is 10.5. The fraction of sp³-hybridized carbons (Fsp3) is 0.760. The Hall–Kier alpha value is -0.760. The molecule has 2 aliphatic heterocycles. The summed E-state index contributed by atoms with van der Waals surface area (Å²) in [5.41, 5.74) is 1.88. The van der Waals surface area contributed by atoms with Crippen LogP contribution in [0.25, 0.3) is 0 Å². The first kappa shape index (κ1) is 26.8. The Kier molecular flexibility index (Phi) is 8.51. The summed E-state index contributed by atoms with van der Waals surface area (Å²) in [6, 6.07) is 6.22. The Morgan fingerprint density at radius 2 is 1.76 bits per heavy atom. The predicted molar refractivity (Wildman–Crippen MR) is 134 cm³/mol. The van der Waals surface area contributed by atoms with E-state index >= 15 is 0 Å². The molecule has 0 radical (unpaired) electrons. The van der Waals surface area contributed by atoms with E-state index in [-0.39, 0.29) is 30.2 Å². The van der Waals surface area contributed by atoms with Crippen LogP contribution < -0.4 is 9.47 Å². The first-order chi connectivity index (χ1) is 14.8. The van der Waals surface area contributed by atoms with Gasteiger partial charge >= 0.3 is 0 Å². The summed E-state index contributed by atoms with van der Waals surface area (Å²) in [7, 11) is 0. The fourth-order valence-electron chi connectivity index (χ4n) is 6.39. The number of halogens is 2. The highest BCUT2D eigenvalue weighted by Crippen LogP contribution is 2.66. The van der Waals surface area contributed by atoms with Gasteiger partial charge in [-0.25, -0.2) is 0 Å². The Morgan fingerprint density at radius 3 is 2.42 bits per heavy atom. The van der Waals surface area contributed by atoms with Crippen LogP contribution in [0, 0.1) is 16.7 Å². The number of piperazine rings is 1. The molecule has 2 heterocycles. The fourth-order valence-corrected chi connectivity index (χ4v) is 6.39. The zero-order valence-electron chi connectivity index (χ0n) is 20.1. The molecule has 4 atom stereocenters. The summed E-state index contributed by atoms with van der Waals surface area (Å²) in [4.78, 5) is 4.84. The highest BCUT2D eigenvalue weighted by atomic mass is 35.5. The molecule has 0 aromatic heterocycles. The topological polar surface area (TPSA) is 54.4 Å². The Morgan fingerprint density at radius 1 is 1.06 bits per heavy atom.